The number of fused-ring (bicyclic) bond motifs is 14. The zero-order chi connectivity index (χ0) is 29.7. The SMILES string of the molecule is c1ccc2c(c1)Oc1ccccc1N2c1c2c(cc3c4cccc5c6ccncc6n(c13)c54)c1cccc3c4ccccc4n2c31. The molecular formula is C41H22N4O. The number of ether oxygens (including phenoxy) is 1. The normalized spacial score (nSPS) is 13.3. The number of benzene rings is 6. The minimum absolute atomic E-state index is 0.838. The summed E-state index contributed by atoms with van der Waals surface area (Å²) in [5.41, 5.74) is 10.3. The van der Waals surface area contributed by atoms with Crippen LogP contribution >= 0.6 is 0 Å². The molecule has 0 unspecified atom stereocenters. The minimum atomic E-state index is 0.838. The second-order valence-electron chi connectivity index (χ2n) is 12.4. The Hall–Kier alpha value is -6.33. The summed E-state index contributed by atoms with van der Waals surface area (Å²) in [4.78, 5) is 7.08. The van der Waals surface area contributed by atoms with E-state index in [1.807, 2.05) is 24.5 Å². The molecule has 5 nitrogen and oxygen atoms in total. The van der Waals surface area contributed by atoms with Crippen LogP contribution in [-0.4, -0.2) is 13.8 Å². The summed E-state index contributed by atoms with van der Waals surface area (Å²) in [7, 11) is 0. The number of para-hydroxylation sites is 7. The van der Waals surface area contributed by atoms with Gasteiger partial charge in [-0.05, 0) is 42.5 Å². The molecule has 0 amide bonds. The highest BCUT2D eigenvalue weighted by Crippen LogP contribution is 2.56. The van der Waals surface area contributed by atoms with Gasteiger partial charge in [-0.15, -0.1) is 0 Å². The number of aromatic nitrogens is 3. The number of rotatable bonds is 1. The molecule has 1 aliphatic rings. The van der Waals surface area contributed by atoms with Crippen molar-refractivity contribution in [2.24, 2.45) is 0 Å². The van der Waals surface area contributed by atoms with Gasteiger partial charge in [0, 0.05) is 49.3 Å². The van der Waals surface area contributed by atoms with E-state index in [1.165, 1.54) is 65.2 Å². The van der Waals surface area contributed by atoms with Crippen molar-refractivity contribution < 1.29 is 4.74 Å². The fraction of sp³-hybridized carbons (Fsp3) is 0. The first-order valence-electron chi connectivity index (χ1n) is 15.6. The molecule has 6 aromatic carbocycles. The van der Waals surface area contributed by atoms with Gasteiger partial charge in [-0.1, -0.05) is 78.9 Å². The van der Waals surface area contributed by atoms with E-state index in [-0.39, 0.29) is 0 Å². The maximum atomic E-state index is 6.55. The predicted molar refractivity (Wildman–Crippen MR) is 188 cm³/mol. The Kier molecular flexibility index (Phi) is 3.94. The molecule has 0 saturated carbocycles. The van der Waals surface area contributed by atoms with E-state index in [1.54, 1.807) is 0 Å². The lowest BCUT2D eigenvalue weighted by Crippen LogP contribution is -2.17. The Bertz CT molecular complexity index is 2870. The topological polar surface area (TPSA) is 34.2 Å². The first kappa shape index (κ1) is 23.1. The summed E-state index contributed by atoms with van der Waals surface area (Å²) >= 11 is 0. The van der Waals surface area contributed by atoms with Gasteiger partial charge < -0.3 is 13.5 Å². The maximum Gasteiger partial charge on any atom is 0.151 e. The zero-order valence-electron chi connectivity index (χ0n) is 24.4. The van der Waals surface area contributed by atoms with E-state index in [9.17, 15) is 0 Å². The Balaban J connectivity index is 1.44. The Morgan fingerprint density at radius 1 is 0.435 bits per heavy atom. The van der Waals surface area contributed by atoms with E-state index in [4.69, 9.17) is 4.74 Å². The van der Waals surface area contributed by atoms with Crippen LogP contribution < -0.4 is 9.64 Å². The highest BCUT2D eigenvalue weighted by atomic mass is 16.5. The van der Waals surface area contributed by atoms with Crippen LogP contribution in [0, 0.1) is 0 Å². The smallest absolute Gasteiger partial charge is 0.151 e. The molecule has 12 rings (SSSR count). The molecular weight excluding hydrogens is 564 g/mol. The maximum absolute atomic E-state index is 6.55. The van der Waals surface area contributed by atoms with Crippen molar-refractivity contribution in [3.63, 3.8) is 0 Å². The van der Waals surface area contributed by atoms with Crippen LogP contribution in [-0.2, 0) is 0 Å². The largest absolute Gasteiger partial charge is 0.453 e. The molecule has 6 heterocycles. The summed E-state index contributed by atoms with van der Waals surface area (Å²) in [6.45, 7) is 0. The third kappa shape index (κ3) is 2.52. The fourth-order valence-corrected chi connectivity index (χ4v) is 8.50. The van der Waals surface area contributed by atoms with Crippen molar-refractivity contribution in [2.45, 2.75) is 0 Å². The molecule has 1 aliphatic heterocycles. The molecule has 0 radical (unpaired) electrons. The van der Waals surface area contributed by atoms with E-state index in [0.717, 1.165) is 39.6 Å². The van der Waals surface area contributed by atoms with Crippen molar-refractivity contribution >= 4 is 93.3 Å². The van der Waals surface area contributed by atoms with Crippen LogP contribution in [0.3, 0.4) is 0 Å². The summed E-state index contributed by atoms with van der Waals surface area (Å²) in [5.74, 6) is 1.68. The van der Waals surface area contributed by atoms with Crippen LogP contribution in [0.5, 0.6) is 11.5 Å². The molecule has 0 spiro atoms. The predicted octanol–water partition coefficient (Wildman–Crippen LogP) is 11.0. The second kappa shape index (κ2) is 7.84. The molecule has 46 heavy (non-hydrogen) atoms. The fourth-order valence-electron chi connectivity index (χ4n) is 8.50. The van der Waals surface area contributed by atoms with Crippen molar-refractivity contribution in [1.82, 2.24) is 13.8 Å². The van der Waals surface area contributed by atoms with Gasteiger partial charge in [-0.25, -0.2) is 0 Å². The average Bonchev–Trinajstić information content (AvgIpc) is 3.83. The van der Waals surface area contributed by atoms with Crippen LogP contribution in [0.15, 0.2) is 134 Å². The highest BCUT2D eigenvalue weighted by Gasteiger charge is 2.33. The average molecular weight is 587 g/mol. The first-order chi connectivity index (χ1) is 22.9. The van der Waals surface area contributed by atoms with Crippen molar-refractivity contribution in [3.05, 3.63) is 134 Å². The number of nitrogens with zero attached hydrogens (tertiary/aromatic N) is 4. The monoisotopic (exact) mass is 586 g/mol. The molecule has 0 N–H and O–H groups in total. The van der Waals surface area contributed by atoms with Gasteiger partial charge in [0.2, 0.25) is 0 Å². The van der Waals surface area contributed by atoms with Crippen LogP contribution in [0.4, 0.5) is 17.1 Å². The van der Waals surface area contributed by atoms with Gasteiger partial charge in [-0.2, -0.15) is 0 Å². The highest BCUT2D eigenvalue weighted by molar-refractivity contribution is 6.33. The zero-order valence-corrected chi connectivity index (χ0v) is 24.4. The van der Waals surface area contributed by atoms with Crippen LogP contribution in [0.1, 0.15) is 0 Å². The van der Waals surface area contributed by atoms with Crippen LogP contribution in [0.2, 0.25) is 0 Å². The van der Waals surface area contributed by atoms with E-state index in [0.29, 0.717) is 0 Å². The van der Waals surface area contributed by atoms with E-state index in [2.05, 4.69) is 128 Å². The molecule has 0 saturated heterocycles. The van der Waals surface area contributed by atoms with Gasteiger partial charge in [0.1, 0.15) is 0 Å². The Labute approximate surface area is 261 Å². The summed E-state index contributed by atoms with van der Waals surface area (Å²) in [5, 5.41) is 9.98. The molecule has 5 heteroatoms. The van der Waals surface area contributed by atoms with Gasteiger partial charge in [-0.3, -0.25) is 9.88 Å². The molecule has 0 bridgehead atoms. The lowest BCUT2D eigenvalue weighted by Gasteiger charge is -2.33. The molecule has 0 aliphatic carbocycles. The first-order valence-corrected chi connectivity index (χ1v) is 15.6. The lowest BCUT2D eigenvalue weighted by atomic mass is 10.0. The molecule has 0 atom stereocenters. The van der Waals surface area contributed by atoms with Crippen molar-refractivity contribution in [2.75, 3.05) is 4.90 Å². The number of hydrogen-bond acceptors (Lipinski definition) is 3. The number of anilines is 3. The minimum Gasteiger partial charge on any atom is -0.453 e. The van der Waals surface area contributed by atoms with Gasteiger partial charge in [0.25, 0.3) is 0 Å². The van der Waals surface area contributed by atoms with Gasteiger partial charge >= 0.3 is 0 Å². The standard InChI is InChI=1S/C41H22N4O/c1-2-14-31-23(9-1)25-10-7-12-27-29-21-30-28-13-8-11-26-24-19-20-42-22-34(24)45(38(26)28)40(30)41(39(29)44(31)37(25)27)43-32-15-3-5-17-35(32)46-36-18-6-4-16-33(36)43/h1-22H. The van der Waals surface area contributed by atoms with Crippen molar-refractivity contribution in [1.29, 1.82) is 0 Å². The molecule has 5 aromatic heterocycles. The quantitative estimate of drug-likeness (QED) is 0.192. The Morgan fingerprint density at radius 2 is 0.957 bits per heavy atom. The lowest BCUT2D eigenvalue weighted by molar-refractivity contribution is 0.477. The summed E-state index contributed by atoms with van der Waals surface area (Å²) < 4.78 is 11.5. The van der Waals surface area contributed by atoms with E-state index < -0.39 is 0 Å². The van der Waals surface area contributed by atoms with Gasteiger partial charge in [0.15, 0.2) is 11.5 Å². The van der Waals surface area contributed by atoms with Gasteiger partial charge in [0.05, 0.1) is 56.4 Å². The molecule has 11 aromatic rings. The summed E-state index contributed by atoms with van der Waals surface area (Å²) in [6, 6.07) is 43.7. The van der Waals surface area contributed by atoms with Crippen LogP contribution in [0.25, 0.3) is 76.2 Å². The number of pyridine rings is 1. The second-order valence-corrected chi connectivity index (χ2v) is 12.4. The van der Waals surface area contributed by atoms with Crippen molar-refractivity contribution in [3.8, 4) is 11.5 Å². The van der Waals surface area contributed by atoms with E-state index >= 15 is 0 Å². The third-order valence-corrected chi connectivity index (χ3v) is 10.2. The number of hydrogen-bond donors (Lipinski definition) is 0. The third-order valence-electron chi connectivity index (χ3n) is 10.2. The summed E-state index contributed by atoms with van der Waals surface area (Å²) in [6.07, 6.45) is 3.92. The molecule has 0 fully saturated rings. The molecule has 212 valence electrons. The Morgan fingerprint density at radius 3 is 1.63 bits per heavy atom.